The second kappa shape index (κ2) is 5.08. The van der Waals surface area contributed by atoms with Crippen LogP contribution in [-0.2, 0) is 0 Å². The lowest BCUT2D eigenvalue weighted by molar-refractivity contribution is 0.161. The summed E-state index contributed by atoms with van der Waals surface area (Å²) >= 11 is 6.68. The summed E-state index contributed by atoms with van der Waals surface area (Å²) in [5.74, 6) is 0. The SMILES string of the molecule is CCC[C@@H](O)c1ncc(Br)cc1Br. The van der Waals surface area contributed by atoms with Gasteiger partial charge in [0.1, 0.15) is 0 Å². The van der Waals surface area contributed by atoms with Crippen molar-refractivity contribution >= 4 is 31.9 Å². The highest BCUT2D eigenvalue weighted by Crippen LogP contribution is 2.26. The van der Waals surface area contributed by atoms with E-state index < -0.39 is 6.10 Å². The summed E-state index contributed by atoms with van der Waals surface area (Å²) in [7, 11) is 0. The molecule has 0 radical (unpaired) electrons. The van der Waals surface area contributed by atoms with E-state index in [0.29, 0.717) is 5.69 Å². The lowest BCUT2D eigenvalue weighted by atomic mass is 10.1. The van der Waals surface area contributed by atoms with Crippen molar-refractivity contribution in [1.82, 2.24) is 4.98 Å². The Balaban J connectivity index is 2.88. The average Bonchev–Trinajstić information content (AvgIpc) is 2.04. The summed E-state index contributed by atoms with van der Waals surface area (Å²) < 4.78 is 1.76. The van der Waals surface area contributed by atoms with Crippen molar-refractivity contribution < 1.29 is 5.11 Å². The second-order valence-electron chi connectivity index (χ2n) is 2.83. The Kier molecular flexibility index (Phi) is 4.35. The highest BCUT2D eigenvalue weighted by Gasteiger charge is 2.11. The number of rotatable bonds is 3. The molecule has 0 saturated carbocycles. The van der Waals surface area contributed by atoms with Gasteiger partial charge in [0, 0.05) is 15.1 Å². The molecule has 1 aromatic heterocycles. The lowest BCUT2D eigenvalue weighted by Gasteiger charge is -2.10. The van der Waals surface area contributed by atoms with Crippen LogP contribution in [0.1, 0.15) is 31.6 Å². The number of nitrogens with zero attached hydrogens (tertiary/aromatic N) is 1. The van der Waals surface area contributed by atoms with Gasteiger partial charge < -0.3 is 5.11 Å². The van der Waals surface area contributed by atoms with Crippen molar-refractivity contribution in [2.45, 2.75) is 25.9 Å². The molecule has 4 heteroatoms. The van der Waals surface area contributed by atoms with Gasteiger partial charge in [0.2, 0.25) is 0 Å². The molecule has 0 fully saturated rings. The minimum absolute atomic E-state index is 0.465. The van der Waals surface area contributed by atoms with Crippen LogP contribution in [0.4, 0.5) is 0 Å². The minimum Gasteiger partial charge on any atom is -0.387 e. The van der Waals surface area contributed by atoms with Crippen LogP contribution in [-0.4, -0.2) is 10.1 Å². The number of aromatic nitrogens is 1. The van der Waals surface area contributed by atoms with Crippen LogP contribution in [0, 0.1) is 0 Å². The van der Waals surface area contributed by atoms with Gasteiger partial charge in [-0.15, -0.1) is 0 Å². The van der Waals surface area contributed by atoms with Crippen molar-refractivity contribution in [1.29, 1.82) is 0 Å². The molecule has 0 aliphatic carbocycles. The molecule has 0 amide bonds. The van der Waals surface area contributed by atoms with Crippen LogP contribution >= 0.6 is 31.9 Å². The largest absolute Gasteiger partial charge is 0.387 e. The molecule has 72 valence electrons. The Bertz CT molecular complexity index is 291. The fraction of sp³-hybridized carbons (Fsp3) is 0.444. The van der Waals surface area contributed by atoms with Gasteiger partial charge in [-0.1, -0.05) is 13.3 Å². The third-order valence-electron chi connectivity index (χ3n) is 1.71. The van der Waals surface area contributed by atoms with Crippen LogP contribution in [0.3, 0.4) is 0 Å². The van der Waals surface area contributed by atoms with E-state index >= 15 is 0 Å². The maximum atomic E-state index is 9.68. The normalized spacial score (nSPS) is 12.9. The molecule has 1 aromatic rings. The quantitative estimate of drug-likeness (QED) is 0.928. The van der Waals surface area contributed by atoms with Crippen molar-refractivity contribution in [2.24, 2.45) is 0 Å². The zero-order valence-corrected chi connectivity index (χ0v) is 10.5. The third-order valence-corrected chi connectivity index (χ3v) is 2.78. The maximum Gasteiger partial charge on any atom is 0.0971 e. The van der Waals surface area contributed by atoms with Gasteiger partial charge in [0.25, 0.3) is 0 Å². The topological polar surface area (TPSA) is 33.1 Å². The molecule has 0 aromatic carbocycles. The summed E-state index contributed by atoms with van der Waals surface area (Å²) in [6.07, 6.45) is 2.92. The molecular formula is C9H11Br2NO. The molecule has 1 heterocycles. The average molecular weight is 309 g/mol. The van der Waals surface area contributed by atoms with Gasteiger partial charge in [-0.25, -0.2) is 0 Å². The van der Waals surface area contributed by atoms with E-state index in [9.17, 15) is 5.11 Å². The first-order valence-corrected chi connectivity index (χ1v) is 5.72. The Labute approximate surface area is 94.6 Å². The fourth-order valence-corrected chi connectivity index (χ4v) is 2.33. The fourth-order valence-electron chi connectivity index (χ4n) is 1.08. The van der Waals surface area contributed by atoms with Crippen molar-refractivity contribution in [3.63, 3.8) is 0 Å². The van der Waals surface area contributed by atoms with E-state index in [0.717, 1.165) is 21.8 Å². The molecule has 1 rings (SSSR count). The molecule has 0 spiro atoms. The Morgan fingerprint density at radius 1 is 1.54 bits per heavy atom. The minimum atomic E-state index is -0.465. The first kappa shape index (κ1) is 11.1. The van der Waals surface area contributed by atoms with Gasteiger partial charge in [-0.3, -0.25) is 4.98 Å². The first-order chi connectivity index (χ1) is 6.15. The zero-order chi connectivity index (χ0) is 9.84. The molecule has 1 atom stereocenters. The number of halogens is 2. The van der Waals surface area contributed by atoms with Crippen molar-refractivity contribution in [2.75, 3.05) is 0 Å². The van der Waals surface area contributed by atoms with Gasteiger partial charge in [0.15, 0.2) is 0 Å². The van der Waals surface area contributed by atoms with Crippen molar-refractivity contribution in [3.05, 3.63) is 26.9 Å². The van der Waals surface area contributed by atoms with Gasteiger partial charge in [-0.2, -0.15) is 0 Å². The number of aliphatic hydroxyl groups excluding tert-OH is 1. The van der Waals surface area contributed by atoms with E-state index in [1.165, 1.54) is 0 Å². The summed E-state index contributed by atoms with van der Waals surface area (Å²) in [6, 6.07) is 1.89. The van der Waals surface area contributed by atoms with Gasteiger partial charge in [-0.05, 0) is 44.3 Å². The molecule has 0 unspecified atom stereocenters. The highest BCUT2D eigenvalue weighted by molar-refractivity contribution is 9.11. The summed E-state index contributed by atoms with van der Waals surface area (Å²) in [5.41, 5.74) is 0.713. The van der Waals surface area contributed by atoms with E-state index in [4.69, 9.17) is 0 Å². The van der Waals surface area contributed by atoms with Crippen molar-refractivity contribution in [3.8, 4) is 0 Å². The molecule has 0 saturated heterocycles. The van der Waals surface area contributed by atoms with Crippen LogP contribution in [0.15, 0.2) is 21.2 Å². The summed E-state index contributed by atoms with van der Waals surface area (Å²) in [6.45, 7) is 2.04. The smallest absolute Gasteiger partial charge is 0.0971 e. The Morgan fingerprint density at radius 2 is 2.23 bits per heavy atom. The molecule has 2 nitrogen and oxygen atoms in total. The van der Waals surface area contributed by atoms with E-state index in [2.05, 4.69) is 36.8 Å². The second-order valence-corrected chi connectivity index (χ2v) is 4.60. The molecule has 0 aliphatic heterocycles. The maximum absolute atomic E-state index is 9.68. The number of hydrogen-bond acceptors (Lipinski definition) is 2. The van der Waals surface area contributed by atoms with Crippen LogP contribution in [0.2, 0.25) is 0 Å². The van der Waals surface area contributed by atoms with E-state index in [1.54, 1.807) is 6.20 Å². The first-order valence-electron chi connectivity index (χ1n) is 4.14. The molecular weight excluding hydrogens is 298 g/mol. The highest BCUT2D eigenvalue weighted by atomic mass is 79.9. The Hall–Kier alpha value is 0.0700. The van der Waals surface area contributed by atoms with E-state index in [1.807, 2.05) is 13.0 Å². The lowest BCUT2D eigenvalue weighted by Crippen LogP contribution is -2.00. The monoisotopic (exact) mass is 307 g/mol. The van der Waals surface area contributed by atoms with E-state index in [-0.39, 0.29) is 0 Å². The molecule has 13 heavy (non-hydrogen) atoms. The van der Waals surface area contributed by atoms with Crippen LogP contribution in [0.5, 0.6) is 0 Å². The molecule has 0 aliphatic rings. The van der Waals surface area contributed by atoms with Gasteiger partial charge >= 0.3 is 0 Å². The molecule has 1 N–H and O–H groups in total. The standard InChI is InChI=1S/C9H11Br2NO/c1-2-3-8(13)9-7(11)4-6(10)5-12-9/h4-5,8,13H,2-3H2,1H3/t8-/m1/s1. The number of pyridine rings is 1. The summed E-state index contributed by atoms with van der Waals surface area (Å²) in [5, 5.41) is 9.68. The summed E-state index contributed by atoms with van der Waals surface area (Å²) in [4.78, 5) is 4.15. The molecule has 0 bridgehead atoms. The predicted octanol–water partition coefficient (Wildman–Crippen LogP) is 3.44. The van der Waals surface area contributed by atoms with Crippen LogP contribution in [0.25, 0.3) is 0 Å². The predicted molar refractivity (Wildman–Crippen MR) is 59.5 cm³/mol. The third kappa shape index (κ3) is 3.04. The Morgan fingerprint density at radius 3 is 2.77 bits per heavy atom. The van der Waals surface area contributed by atoms with Gasteiger partial charge in [0.05, 0.1) is 11.8 Å². The zero-order valence-electron chi connectivity index (χ0n) is 7.30. The van der Waals surface area contributed by atoms with Crippen LogP contribution < -0.4 is 0 Å². The number of aliphatic hydroxyl groups is 1. The number of hydrogen-bond donors (Lipinski definition) is 1.